The van der Waals surface area contributed by atoms with E-state index in [0.717, 1.165) is 5.69 Å². The van der Waals surface area contributed by atoms with Gasteiger partial charge in [0, 0.05) is 6.04 Å². The van der Waals surface area contributed by atoms with Gasteiger partial charge in [-0.25, -0.2) is 4.98 Å². The van der Waals surface area contributed by atoms with Crippen molar-refractivity contribution >= 4 is 23.0 Å². The van der Waals surface area contributed by atoms with Crippen LogP contribution in [0.3, 0.4) is 0 Å². The molecule has 92 valence electrons. The average molecular weight is 252 g/mol. The lowest BCUT2D eigenvalue weighted by Crippen LogP contribution is -2.23. The third-order valence-electron chi connectivity index (χ3n) is 3.18. The quantitative estimate of drug-likeness (QED) is 0.633. The molecule has 0 amide bonds. The van der Waals surface area contributed by atoms with Crippen molar-refractivity contribution in [2.45, 2.75) is 45.1 Å². The highest BCUT2D eigenvalue weighted by molar-refractivity contribution is 6.29. The number of anilines is 1. The number of halogens is 1. The number of hydrogen-bond donors (Lipinski definition) is 2. The zero-order valence-electron chi connectivity index (χ0n) is 10.1. The molecule has 0 atom stereocenters. The van der Waals surface area contributed by atoms with E-state index in [0.29, 0.717) is 22.6 Å². The summed E-state index contributed by atoms with van der Waals surface area (Å²) in [5, 5.41) is 11.7. The molecule has 0 unspecified atom stereocenters. The molecule has 2 N–H and O–H groups in total. The van der Waals surface area contributed by atoms with E-state index in [2.05, 4.69) is 10.3 Å². The third kappa shape index (κ3) is 3.19. The number of pyridine rings is 1. The lowest BCUT2D eigenvalue weighted by molar-refractivity contribution is 0.462. The first-order chi connectivity index (χ1) is 8.16. The Balaban J connectivity index is 2.16. The Bertz CT molecular complexity index is 411. The summed E-state index contributed by atoms with van der Waals surface area (Å²) in [4.78, 5) is 4.22. The predicted molar refractivity (Wildman–Crippen MR) is 72.2 cm³/mol. The molecular formula is C13H18ClN3. The van der Waals surface area contributed by atoms with Gasteiger partial charge in [0.05, 0.1) is 11.4 Å². The van der Waals surface area contributed by atoms with Crippen molar-refractivity contribution in [1.29, 1.82) is 5.41 Å². The summed E-state index contributed by atoms with van der Waals surface area (Å²) in [5.41, 5.74) is 2.06. The molecule has 1 aromatic rings. The summed E-state index contributed by atoms with van der Waals surface area (Å²) in [6.45, 7) is 1.74. The van der Waals surface area contributed by atoms with Crippen LogP contribution in [-0.2, 0) is 0 Å². The van der Waals surface area contributed by atoms with Gasteiger partial charge in [-0.3, -0.25) is 0 Å². The summed E-state index contributed by atoms with van der Waals surface area (Å²) >= 11 is 5.87. The smallest absolute Gasteiger partial charge is 0.129 e. The summed E-state index contributed by atoms with van der Waals surface area (Å²) < 4.78 is 0. The van der Waals surface area contributed by atoms with Gasteiger partial charge in [-0.15, -0.1) is 0 Å². The van der Waals surface area contributed by atoms with E-state index >= 15 is 0 Å². The lowest BCUT2D eigenvalue weighted by atomic mass is 9.95. The highest BCUT2D eigenvalue weighted by Gasteiger charge is 2.15. The zero-order chi connectivity index (χ0) is 12.3. The van der Waals surface area contributed by atoms with Gasteiger partial charge < -0.3 is 10.7 Å². The second-order valence-electron chi connectivity index (χ2n) is 4.63. The number of hydrogen-bond acceptors (Lipinski definition) is 3. The maximum atomic E-state index is 7.73. The third-order valence-corrected chi connectivity index (χ3v) is 3.39. The van der Waals surface area contributed by atoms with E-state index in [4.69, 9.17) is 17.0 Å². The van der Waals surface area contributed by atoms with Gasteiger partial charge in [-0.2, -0.15) is 0 Å². The van der Waals surface area contributed by atoms with E-state index in [1.54, 1.807) is 13.0 Å². The SMILES string of the molecule is CC(=N)c1nc(Cl)ccc1NC1CCCCC1. The van der Waals surface area contributed by atoms with Crippen molar-refractivity contribution in [3.8, 4) is 0 Å². The fourth-order valence-corrected chi connectivity index (χ4v) is 2.45. The first-order valence-corrected chi connectivity index (χ1v) is 6.53. The van der Waals surface area contributed by atoms with Crippen LogP contribution in [0.5, 0.6) is 0 Å². The first kappa shape index (κ1) is 12.4. The fourth-order valence-electron chi connectivity index (χ4n) is 2.30. The van der Waals surface area contributed by atoms with Gasteiger partial charge in [0.25, 0.3) is 0 Å². The normalized spacial score (nSPS) is 16.8. The van der Waals surface area contributed by atoms with Crippen LogP contribution in [-0.4, -0.2) is 16.7 Å². The van der Waals surface area contributed by atoms with Crippen LogP contribution in [0.15, 0.2) is 12.1 Å². The molecule has 1 aliphatic rings. The van der Waals surface area contributed by atoms with Crippen LogP contribution in [0.2, 0.25) is 5.15 Å². The van der Waals surface area contributed by atoms with Crippen LogP contribution in [0.4, 0.5) is 5.69 Å². The largest absolute Gasteiger partial charge is 0.381 e. The zero-order valence-corrected chi connectivity index (χ0v) is 10.8. The first-order valence-electron chi connectivity index (χ1n) is 6.15. The highest BCUT2D eigenvalue weighted by Crippen LogP contribution is 2.24. The average Bonchev–Trinajstić information content (AvgIpc) is 2.32. The molecule has 1 aromatic heterocycles. The Hall–Kier alpha value is -1.09. The highest BCUT2D eigenvalue weighted by atomic mass is 35.5. The molecule has 17 heavy (non-hydrogen) atoms. The van der Waals surface area contributed by atoms with E-state index < -0.39 is 0 Å². The van der Waals surface area contributed by atoms with Crippen LogP contribution < -0.4 is 5.32 Å². The van der Waals surface area contributed by atoms with Gasteiger partial charge in [0.15, 0.2) is 0 Å². The molecule has 2 rings (SSSR count). The molecule has 1 saturated carbocycles. The molecular weight excluding hydrogens is 234 g/mol. The molecule has 3 nitrogen and oxygen atoms in total. The van der Waals surface area contributed by atoms with E-state index in [9.17, 15) is 0 Å². The Kier molecular flexibility index (Phi) is 4.00. The summed E-state index contributed by atoms with van der Waals surface area (Å²) in [6.07, 6.45) is 6.33. The number of nitrogens with zero attached hydrogens (tertiary/aromatic N) is 1. The number of nitrogens with one attached hydrogen (secondary N) is 2. The Morgan fingerprint density at radius 2 is 2.06 bits per heavy atom. The van der Waals surface area contributed by atoms with Gasteiger partial charge >= 0.3 is 0 Å². The van der Waals surface area contributed by atoms with Crippen molar-refractivity contribution in [3.63, 3.8) is 0 Å². The Morgan fingerprint density at radius 3 is 2.71 bits per heavy atom. The van der Waals surface area contributed by atoms with Crippen molar-refractivity contribution in [3.05, 3.63) is 23.0 Å². The molecule has 0 bridgehead atoms. The van der Waals surface area contributed by atoms with Gasteiger partial charge in [0.2, 0.25) is 0 Å². The molecule has 1 heterocycles. The molecule has 0 spiro atoms. The minimum absolute atomic E-state index is 0.445. The van der Waals surface area contributed by atoms with E-state index in [1.807, 2.05) is 6.07 Å². The molecule has 1 fully saturated rings. The Labute approximate surface area is 107 Å². The Morgan fingerprint density at radius 1 is 1.35 bits per heavy atom. The van der Waals surface area contributed by atoms with E-state index in [-0.39, 0.29) is 0 Å². The van der Waals surface area contributed by atoms with Gasteiger partial charge in [0.1, 0.15) is 10.8 Å². The minimum Gasteiger partial charge on any atom is -0.381 e. The molecule has 4 heteroatoms. The second kappa shape index (κ2) is 5.50. The summed E-state index contributed by atoms with van der Waals surface area (Å²) in [5.74, 6) is 0. The van der Waals surface area contributed by atoms with Crippen molar-refractivity contribution in [2.75, 3.05) is 5.32 Å². The van der Waals surface area contributed by atoms with Crippen LogP contribution in [0, 0.1) is 5.41 Å². The number of rotatable bonds is 3. The van der Waals surface area contributed by atoms with E-state index in [1.165, 1.54) is 32.1 Å². The summed E-state index contributed by atoms with van der Waals surface area (Å²) in [6, 6.07) is 4.22. The second-order valence-corrected chi connectivity index (χ2v) is 5.02. The molecule has 0 aromatic carbocycles. The van der Waals surface area contributed by atoms with Crippen LogP contribution in [0.1, 0.15) is 44.7 Å². The minimum atomic E-state index is 0.445. The maximum absolute atomic E-state index is 7.73. The molecule has 0 saturated heterocycles. The standard InChI is InChI=1S/C13H18ClN3/c1-9(15)13-11(7-8-12(14)17-13)16-10-5-3-2-4-6-10/h7-8,10,15-16H,2-6H2,1H3. The fraction of sp³-hybridized carbons (Fsp3) is 0.538. The molecule has 0 aliphatic heterocycles. The topological polar surface area (TPSA) is 48.8 Å². The molecule has 1 aliphatic carbocycles. The lowest BCUT2D eigenvalue weighted by Gasteiger charge is -2.24. The predicted octanol–water partition coefficient (Wildman–Crippen LogP) is 3.87. The number of aromatic nitrogens is 1. The van der Waals surface area contributed by atoms with Crippen molar-refractivity contribution in [1.82, 2.24) is 4.98 Å². The van der Waals surface area contributed by atoms with Crippen LogP contribution >= 0.6 is 11.6 Å². The molecule has 0 radical (unpaired) electrons. The van der Waals surface area contributed by atoms with Gasteiger partial charge in [-0.05, 0) is 31.9 Å². The van der Waals surface area contributed by atoms with Crippen LogP contribution in [0.25, 0.3) is 0 Å². The van der Waals surface area contributed by atoms with Crippen molar-refractivity contribution in [2.24, 2.45) is 0 Å². The van der Waals surface area contributed by atoms with Gasteiger partial charge in [-0.1, -0.05) is 30.9 Å². The maximum Gasteiger partial charge on any atom is 0.129 e. The van der Waals surface area contributed by atoms with Crippen molar-refractivity contribution < 1.29 is 0 Å². The summed E-state index contributed by atoms with van der Waals surface area (Å²) in [7, 11) is 0. The monoisotopic (exact) mass is 251 g/mol.